The summed E-state index contributed by atoms with van der Waals surface area (Å²) < 4.78 is 4.62. The van der Waals surface area contributed by atoms with Gasteiger partial charge in [-0.25, -0.2) is 0 Å². The Morgan fingerprint density at radius 1 is 1.29 bits per heavy atom. The molecule has 1 aromatic rings. The van der Waals surface area contributed by atoms with Crippen molar-refractivity contribution in [3.05, 3.63) is 33.2 Å². The molecular weight excluding hydrogens is 320 g/mol. The Morgan fingerprint density at radius 3 is 2.58 bits per heavy atom. The third-order valence-electron chi connectivity index (χ3n) is 4.96. The van der Waals surface area contributed by atoms with Crippen LogP contribution in [0.25, 0.3) is 0 Å². The minimum Gasteiger partial charge on any atom is -0.311 e. The molecule has 0 bridgehead atoms. The molecule has 1 N–H and O–H groups in total. The van der Waals surface area contributed by atoms with E-state index in [1.54, 1.807) is 6.26 Å². The number of pyridine rings is 1. The summed E-state index contributed by atoms with van der Waals surface area (Å²) >= 11 is 1.24. The SMILES string of the molecule is CCCc1c(CC)cc(C(=O)NSC)c(=O)n1CC1CCCCC1. The molecule has 0 aromatic carbocycles. The fourth-order valence-corrected chi connectivity index (χ4v) is 4.03. The van der Waals surface area contributed by atoms with Gasteiger partial charge in [-0.1, -0.05) is 51.5 Å². The fourth-order valence-electron chi connectivity index (χ4n) is 3.73. The summed E-state index contributed by atoms with van der Waals surface area (Å²) in [5.74, 6) is 0.290. The first-order chi connectivity index (χ1) is 11.6. The van der Waals surface area contributed by atoms with Gasteiger partial charge in [0.2, 0.25) is 0 Å². The van der Waals surface area contributed by atoms with Crippen LogP contribution in [0.15, 0.2) is 10.9 Å². The second-order valence-corrected chi connectivity index (χ2v) is 7.30. The van der Waals surface area contributed by atoms with Crippen LogP contribution in [0.2, 0.25) is 0 Å². The lowest BCUT2D eigenvalue weighted by molar-refractivity contribution is 0.0982. The molecule has 0 saturated heterocycles. The highest BCUT2D eigenvalue weighted by atomic mass is 32.2. The highest BCUT2D eigenvalue weighted by molar-refractivity contribution is 7.97. The first-order valence-corrected chi connectivity index (χ1v) is 10.4. The first-order valence-electron chi connectivity index (χ1n) is 9.21. The van der Waals surface area contributed by atoms with Gasteiger partial charge in [0.1, 0.15) is 5.56 Å². The predicted octanol–water partition coefficient (Wildman–Crippen LogP) is 3.95. The van der Waals surface area contributed by atoms with Crippen LogP contribution >= 0.6 is 11.9 Å². The normalized spacial score (nSPS) is 15.5. The maximum atomic E-state index is 13.0. The summed E-state index contributed by atoms with van der Waals surface area (Å²) in [6, 6.07) is 1.82. The minimum absolute atomic E-state index is 0.118. The van der Waals surface area contributed by atoms with Gasteiger partial charge in [0.05, 0.1) is 0 Å². The van der Waals surface area contributed by atoms with Gasteiger partial charge in [-0.15, -0.1) is 0 Å². The van der Waals surface area contributed by atoms with E-state index in [2.05, 4.69) is 18.6 Å². The van der Waals surface area contributed by atoms with Gasteiger partial charge < -0.3 is 4.57 Å². The van der Waals surface area contributed by atoms with Crippen molar-refractivity contribution < 1.29 is 4.79 Å². The largest absolute Gasteiger partial charge is 0.311 e. The lowest BCUT2D eigenvalue weighted by Crippen LogP contribution is -2.35. The molecule has 1 saturated carbocycles. The van der Waals surface area contributed by atoms with E-state index in [0.29, 0.717) is 5.92 Å². The first kappa shape index (κ1) is 19.1. The van der Waals surface area contributed by atoms with E-state index in [9.17, 15) is 9.59 Å². The van der Waals surface area contributed by atoms with Gasteiger partial charge in [-0.2, -0.15) is 0 Å². The average molecular weight is 351 g/mol. The third kappa shape index (κ3) is 4.44. The Kier molecular flexibility index (Phi) is 7.40. The van der Waals surface area contributed by atoms with Gasteiger partial charge in [0, 0.05) is 18.5 Å². The van der Waals surface area contributed by atoms with Gasteiger partial charge in [-0.05, 0) is 43.2 Å². The molecule has 1 heterocycles. The Morgan fingerprint density at radius 2 is 2.00 bits per heavy atom. The number of hydrogen-bond donors (Lipinski definition) is 1. The molecule has 5 heteroatoms. The van der Waals surface area contributed by atoms with E-state index < -0.39 is 0 Å². The monoisotopic (exact) mass is 350 g/mol. The summed E-state index contributed by atoms with van der Waals surface area (Å²) in [6.07, 6.45) is 10.8. The van der Waals surface area contributed by atoms with E-state index in [1.807, 2.05) is 10.6 Å². The van der Waals surface area contributed by atoms with Crippen LogP contribution in [0.3, 0.4) is 0 Å². The third-order valence-corrected chi connectivity index (χ3v) is 5.35. The van der Waals surface area contributed by atoms with Crippen LogP contribution in [-0.2, 0) is 19.4 Å². The van der Waals surface area contributed by atoms with E-state index >= 15 is 0 Å². The maximum absolute atomic E-state index is 13.0. The molecule has 134 valence electrons. The van der Waals surface area contributed by atoms with Crippen molar-refractivity contribution >= 4 is 17.9 Å². The molecule has 2 rings (SSSR count). The second-order valence-electron chi connectivity index (χ2n) is 6.69. The number of nitrogens with one attached hydrogen (secondary N) is 1. The molecule has 4 nitrogen and oxygen atoms in total. The molecule has 24 heavy (non-hydrogen) atoms. The van der Waals surface area contributed by atoms with Crippen LogP contribution in [0.1, 0.15) is 74.0 Å². The summed E-state index contributed by atoms with van der Waals surface area (Å²) in [5.41, 5.74) is 2.44. The van der Waals surface area contributed by atoms with Crippen molar-refractivity contribution in [2.24, 2.45) is 5.92 Å². The molecule has 0 unspecified atom stereocenters. The molecule has 0 spiro atoms. The van der Waals surface area contributed by atoms with Gasteiger partial charge in [0.15, 0.2) is 0 Å². The quantitative estimate of drug-likeness (QED) is 0.758. The lowest BCUT2D eigenvalue weighted by Gasteiger charge is -2.25. The highest BCUT2D eigenvalue weighted by Crippen LogP contribution is 2.26. The van der Waals surface area contributed by atoms with Gasteiger partial charge in [-0.3, -0.25) is 14.3 Å². The zero-order valence-corrected chi connectivity index (χ0v) is 16.0. The van der Waals surface area contributed by atoms with E-state index in [0.717, 1.165) is 37.1 Å². The molecule has 0 atom stereocenters. The van der Waals surface area contributed by atoms with Crippen molar-refractivity contribution in [2.45, 2.75) is 71.8 Å². The topological polar surface area (TPSA) is 51.1 Å². The molecule has 1 aliphatic rings. The van der Waals surface area contributed by atoms with Crippen molar-refractivity contribution in [1.29, 1.82) is 0 Å². The number of aromatic nitrogens is 1. The molecule has 0 aliphatic heterocycles. The van der Waals surface area contributed by atoms with Crippen LogP contribution in [0, 0.1) is 5.92 Å². The number of carbonyl (C=O) groups is 1. The minimum atomic E-state index is -0.275. The molecular formula is C19H30N2O2S. The molecule has 1 aromatic heterocycles. The zero-order chi connectivity index (χ0) is 17.5. The van der Waals surface area contributed by atoms with Gasteiger partial charge >= 0.3 is 0 Å². The highest BCUT2D eigenvalue weighted by Gasteiger charge is 2.21. The number of amides is 1. The smallest absolute Gasteiger partial charge is 0.266 e. The molecule has 1 fully saturated rings. The predicted molar refractivity (Wildman–Crippen MR) is 102 cm³/mol. The van der Waals surface area contributed by atoms with Crippen LogP contribution in [0.4, 0.5) is 0 Å². The summed E-state index contributed by atoms with van der Waals surface area (Å²) in [7, 11) is 0. The summed E-state index contributed by atoms with van der Waals surface area (Å²) in [5, 5.41) is 0. The fraction of sp³-hybridized carbons (Fsp3) is 0.684. The van der Waals surface area contributed by atoms with Gasteiger partial charge in [0.25, 0.3) is 11.5 Å². The standard InChI is InChI=1S/C19H30N2O2S/c1-4-9-17-15(5-2)12-16(18(22)20-24-3)19(23)21(17)13-14-10-7-6-8-11-14/h12,14H,4-11,13H2,1-3H3,(H,20,22). The van der Waals surface area contributed by atoms with Crippen LogP contribution in [-0.4, -0.2) is 16.7 Å². The second kappa shape index (κ2) is 9.30. The summed E-state index contributed by atoms with van der Waals surface area (Å²) in [4.78, 5) is 25.3. The van der Waals surface area contributed by atoms with Crippen molar-refractivity contribution in [3.63, 3.8) is 0 Å². The van der Waals surface area contributed by atoms with Crippen molar-refractivity contribution in [1.82, 2.24) is 9.29 Å². The van der Waals surface area contributed by atoms with E-state index in [1.165, 1.54) is 44.1 Å². The molecule has 0 radical (unpaired) electrons. The zero-order valence-electron chi connectivity index (χ0n) is 15.2. The van der Waals surface area contributed by atoms with E-state index in [4.69, 9.17) is 0 Å². The number of carbonyl (C=O) groups excluding carboxylic acids is 1. The summed E-state index contributed by atoms with van der Waals surface area (Å²) in [6.45, 7) is 5.00. The van der Waals surface area contributed by atoms with Crippen LogP contribution < -0.4 is 10.3 Å². The molecule has 1 aliphatic carbocycles. The van der Waals surface area contributed by atoms with Crippen LogP contribution in [0.5, 0.6) is 0 Å². The van der Waals surface area contributed by atoms with Crippen molar-refractivity contribution in [3.8, 4) is 0 Å². The average Bonchev–Trinajstić information content (AvgIpc) is 2.59. The maximum Gasteiger partial charge on any atom is 0.266 e. The number of hydrogen-bond acceptors (Lipinski definition) is 3. The number of aryl methyl sites for hydroxylation is 1. The number of rotatable bonds is 7. The Balaban J connectivity index is 2.47. The lowest BCUT2D eigenvalue weighted by atomic mass is 9.89. The van der Waals surface area contributed by atoms with Crippen molar-refractivity contribution in [2.75, 3.05) is 6.26 Å². The van der Waals surface area contributed by atoms with E-state index in [-0.39, 0.29) is 17.0 Å². The number of nitrogens with zero attached hydrogens (tertiary/aromatic N) is 1. The Hall–Kier alpha value is -1.23. The Bertz CT molecular complexity index is 619. The molecule has 1 amide bonds. The Labute approximate surface area is 149 Å².